The lowest BCUT2D eigenvalue weighted by atomic mass is 10.3. The summed E-state index contributed by atoms with van der Waals surface area (Å²) in [7, 11) is 0. The number of hydrogen-bond donors (Lipinski definition) is 1. The number of aromatic nitrogens is 3. The highest BCUT2D eigenvalue weighted by Crippen LogP contribution is 2.22. The van der Waals surface area contributed by atoms with E-state index in [9.17, 15) is 9.18 Å². The van der Waals surface area contributed by atoms with Crippen LogP contribution in [0.2, 0.25) is 5.02 Å². The zero-order valence-electron chi connectivity index (χ0n) is 14.2. The monoisotopic (exact) mass is 380 g/mol. The Hall–Kier alpha value is -2.68. The van der Waals surface area contributed by atoms with Crippen molar-refractivity contribution in [1.82, 2.24) is 20.1 Å². The van der Waals surface area contributed by atoms with E-state index < -0.39 is 5.82 Å². The van der Waals surface area contributed by atoms with Gasteiger partial charge in [-0.1, -0.05) is 11.6 Å². The summed E-state index contributed by atoms with van der Waals surface area (Å²) in [6.45, 7) is 4.33. The Morgan fingerprint density at radius 1 is 1.35 bits per heavy atom. The second kappa shape index (κ2) is 8.13. The molecule has 0 atom stereocenters. The zero-order valence-corrected chi connectivity index (χ0v) is 14.9. The van der Waals surface area contributed by atoms with Crippen LogP contribution in [0, 0.1) is 5.82 Å². The summed E-state index contributed by atoms with van der Waals surface area (Å²) in [6, 6.07) is 4.30. The molecule has 3 rings (SSSR count). The van der Waals surface area contributed by atoms with Crippen LogP contribution in [0.15, 0.2) is 24.4 Å². The molecule has 1 aliphatic heterocycles. The standard InChI is InChI=1S/C16H18ClFN6O2/c1-2-26-16(25)24-7-5-23(6-8-24)15-21-14(10-19-22-15)20-11-3-4-13(18)12(17)9-11/h3-4,9-10H,2,5-8H2,1H3,(H,20,21,22). The van der Waals surface area contributed by atoms with Crippen LogP contribution in [0.3, 0.4) is 0 Å². The molecule has 0 radical (unpaired) electrons. The predicted molar refractivity (Wildman–Crippen MR) is 95.3 cm³/mol. The highest BCUT2D eigenvalue weighted by atomic mass is 35.5. The van der Waals surface area contributed by atoms with Gasteiger partial charge in [0.25, 0.3) is 0 Å². The number of amides is 1. The molecule has 10 heteroatoms. The molecule has 8 nitrogen and oxygen atoms in total. The first-order valence-electron chi connectivity index (χ1n) is 8.15. The van der Waals surface area contributed by atoms with Crippen molar-refractivity contribution in [2.45, 2.75) is 6.92 Å². The maximum Gasteiger partial charge on any atom is 0.409 e. The molecule has 1 aliphatic rings. The van der Waals surface area contributed by atoms with Gasteiger partial charge in [-0.15, -0.1) is 5.10 Å². The van der Waals surface area contributed by atoms with Gasteiger partial charge in [0.15, 0.2) is 5.82 Å². The van der Waals surface area contributed by atoms with Crippen molar-refractivity contribution in [3.05, 3.63) is 35.2 Å². The van der Waals surface area contributed by atoms with Crippen LogP contribution >= 0.6 is 11.6 Å². The van der Waals surface area contributed by atoms with Gasteiger partial charge in [0.05, 0.1) is 17.8 Å². The third-order valence-corrected chi connectivity index (χ3v) is 4.12. The lowest BCUT2D eigenvalue weighted by Gasteiger charge is -2.33. The fourth-order valence-electron chi connectivity index (χ4n) is 2.51. The van der Waals surface area contributed by atoms with Crippen molar-refractivity contribution >= 4 is 35.1 Å². The lowest BCUT2D eigenvalue weighted by molar-refractivity contribution is 0.105. The molecule has 2 aromatic rings. The molecule has 0 unspecified atom stereocenters. The summed E-state index contributed by atoms with van der Waals surface area (Å²) in [4.78, 5) is 19.7. The molecule has 26 heavy (non-hydrogen) atoms. The molecule has 0 saturated carbocycles. The number of halogens is 2. The number of nitrogens with zero attached hydrogens (tertiary/aromatic N) is 5. The Balaban J connectivity index is 1.64. The zero-order chi connectivity index (χ0) is 18.5. The number of benzene rings is 1. The SMILES string of the molecule is CCOC(=O)N1CCN(c2nncc(Nc3ccc(F)c(Cl)c3)n2)CC1. The first kappa shape index (κ1) is 18.1. The predicted octanol–water partition coefficient (Wildman–Crippen LogP) is 2.69. The third kappa shape index (κ3) is 4.29. The average molecular weight is 381 g/mol. The molecule has 1 saturated heterocycles. The summed E-state index contributed by atoms with van der Waals surface area (Å²) in [5.74, 6) is 0.426. The van der Waals surface area contributed by atoms with Gasteiger partial charge < -0.3 is 19.9 Å². The number of anilines is 3. The van der Waals surface area contributed by atoms with Gasteiger partial charge in [0.2, 0.25) is 5.95 Å². The molecule has 1 aromatic heterocycles. The lowest BCUT2D eigenvalue weighted by Crippen LogP contribution is -2.49. The number of carbonyl (C=O) groups is 1. The van der Waals surface area contributed by atoms with Gasteiger partial charge in [0, 0.05) is 31.9 Å². The summed E-state index contributed by atoms with van der Waals surface area (Å²) in [5, 5.41) is 11.0. The number of hydrogen-bond acceptors (Lipinski definition) is 7. The Morgan fingerprint density at radius 3 is 2.81 bits per heavy atom. The first-order valence-corrected chi connectivity index (χ1v) is 8.53. The molecular formula is C16H18ClFN6O2. The Morgan fingerprint density at radius 2 is 2.12 bits per heavy atom. The normalized spacial score (nSPS) is 14.3. The smallest absolute Gasteiger partial charge is 0.409 e. The number of carbonyl (C=O) groups excluding carboxylic acids is 1. The van der Waals surface area contributed by atoms with Crippen molar-refractivity contribution in [3.63, 3.8) is 0 Å². The average Bonchev–Trinajstić information content (AvgIpc) is 2.65. The van der Waals surface area contributed by atoms with E-state index in [1.54, 1.807) is 17.9 Å². The van der Waals surface area contributed by atoms with Gasteiger partial charge in [-0.05, 0) is 25.1 Å². The molecule has 0 aliphatic carbocycles. The van der Waals surface area contributed by atoms with Crippen LogP contribution < -0.4 is 10.2 Å². The Kier molecular flexibility index (Phi) is 5.67. The summed E-state index contributed by atoms with van der Waals surface area (Å²) in [6.07, 6.45) is 1.16. The van der Waals surface area contributed by atoms with Gasteiger partial charge in [0.1, 0.15) is 5.82 Å². The molecular weight excluding hydrogens is 363 g/mol. The van der Waals surface area contributed by atoms with E-state index in [0.717, 1.165) is 0 Å². The summed E-state index contributed by atoms with van der Waals surface area (Å²) < 4.78 is 18.2. The molecule has 0 bridgehead atoms. The number of piperazine rings is 1. The van der Waals surface area contributed by atoms with Crippen molar-refractivity contribution in [3.8, 4) is 0 Å². The van der Waals surface area contributed by atoms with Gasteiger partial charge in [-0.25, -0.2) is 9.18 Å². The topological polar surface area (TPSA) is 83.5 Å². The van der Waals surface area contributed by atoms with E-state index in [1.165, 1.54) is 18.3 Å². The second-order valence-corrected chi connectivity index (χ2v) is 5.98. The van der Waals surface area contributed by atoms with E-state index in [4.69, 9.17) is 16.3 Å². The molecule has 138 valence electrons. The summed E-state index contributed by atoms with van der Waals surface area (Å²) >= 11 is 5.78. The second-order valence-electron chi connectivity index (χ2n) is 5.57. The largest absolute Gasteiger partial charge is 0.450 e. The number of nitrogens with one attached hydrogen (secondary N) is 1. The first-order chi connectivity index (χ1) is 12.6. The highest BCUT2D eigenvalue weighted by Gasteiger charge is 2.23. The fourth-order valence-corrected chi connectivity index (χ4v) is 2.69. The minimum Gasteiger partial charge on any atom is -0.450 e. The van der Waals surface area contributed by atoms with Crippen LogP contribution in [0.25, 0.3) is 0 Å². The van der Waals surface area contributed by atoms with Crippen molar-refractivity contribution < 1.29 is 13.9 Å². The highest BCUT2D eigenvalue weighted by molar-refractivity contribution is 6.31. The maximum absolute atomic E-state index is 13.2. The van der Waals surface area contributed by atoms with Gasteiger partial charge in [-0.2, -0.15) is 10.1 Å². The van der Waals surface area contributed by atoms with E-state index in [0.29, 0.717) is 50.2 Å². The molecule has 0 spiro atoms. The van der Waals surface area contributed by atoms with Crippen LogP contribution in [0.1, 0.15) is 6.92 Å². The summed E-state index contributed by atoms with van der Waals surface area (Å²) in [5.41, 5.74) is 0.593. The minimum atomic E-state index is -0.488. The van der Waals surface area contributed by atoms with E-state index in [-0.39, 0.29) is 11.1 Å². The van der Waals surface area contributed by atoms with Crippen molar-refractivity contribution in [1.29, 1.82) is 0 Å². The third-order valence-electron chi connectivity index (χ3n) is 3.83. The quantitative estimate of drug-likeness (QED) is 0.872. The number of ether oxygens (including phenoxy) is 1. The van der Waals surface area contributed by atoms with Crippen molar-refractivity contribution in [2.24, 2.45) is 0 Å². The molecule has 1 aromatic carbocycles. The van der Waals surface area contributed by atoms with E-state index in [2.05, 4.69) is 20.5 Å². The number of rotatable bonds is 4. The van der Waals surface area contributed by atoms with Crippen LogP contribution in [-0.2, 0) is 4.74 Å². The van der Waals surface area contributed by atoms with Crippen LogP contribution in [-0.4, -0.2) is 59.0 Å². The molecule has 1 N–H and O–H groups in total. The van der Waals surface area contributed by atoms with Gasteiger partial charge in [-0.3, -0.25) is 0 Å². The van der Waals surface area contributed by atoms with Crippen molar-refractivity contribution in [2.75, 3.05) is 43.0 Å². The van der Waals surface area contributed by atoms with Crippen LogP contribution in [0.5, 0.6) is 0 Å². The van der Waals surface area contributed by atoms with Crippen LogP contribution in [0.4, 0.5) is 26.6 Å². The molecule has 2 heterocycles. The molecule has 1 fully saturated rings. The van der Waals surface area contributed by atoms with Gasteiger partial charge >= 0.3 is 6.09 Å². The Bertz CT molecular complexity index is 785. The molecule has 1 amide bonds. The Labute approximate surface area is 154 Å². The van der Waals surface area contributed by atoms with E-state index >= 15 is 0 Å². The van der Waals surface area contributed by atoms with E-state index in [1.807, 2.05) is 4.90 Å². The fraction of sp³-hybridized carbons (Fsp3) is 0.375. The minimum absolute atomic E-state index is 0.0207. The maximum atomic E-state index is 13.2.